The molecule has 0 bridgehead atoms. The molecule has 0 aromatic heterocycles. The lowest BCUT2D eigenvalue weighted by atomic mass is 10.0. The number of nitrogens with one attached hydrogen (secondary N) is 2. The van der Waals surface area contributed by atoms with Gasteiger partial charge in [0.25, 0.3) is 0 Å². The first-order valence-electron chi connectivity index (χ1n) is 10.2. The maximum absolute atomic E-state index is 10.6. The third-order valence-corrected chi connectivity index (χ3v) is 5.64. The minimum absolute atomic E-state index is 0.358. The zero-order valence-corrected chi connectivity index (χ0v) is 16.1. The van der Waals surface area contributed by atoms with Gasteiger partial charge in [-0.15, -0.1) is 0 Å². The highest BCUT2D eigenvalue weighted by Gasteiger charge is 2.31. The summed E-state index contributed by atoms with van der Waals surface area (Å²) in [4.78, 5) is 7.25. The van der Waals surface area contributed by atoms with E-state index in [0.717, 1.165) is 57.8 Å². The van der Waals surface area contributed by atoms with Crippen molar-refractivity contribution in [1.29, 1.82) is 0 Å². The van der Waals surface area contributed by atoms with Gasteiger partial charge in [0.15, 0.2) is 5.96 Å². The van der Waals surface area contributed by atoms with Crippen LogP contribution >= 0.6 is 0 Å². The third-order valence-electron chi connectivity index (χ3n) is 5.64. The summed E-state index contributed by atoms with van der Waals surface area (Å²) < 4.78 is 0. The zero-order valence-electron chi connectivity index (χ0n) is 16.1. The number of rotatable bonds is 7. The summed E-state index contributed by atoms with van der Waals surface area (Å²) >= 11 is 0. The van der Waals surface area contributed by atoms with Gasteiger partial charge in [-0.05, 0) is 51.3 Å². The Hall–Kier alpha value is -1.59. The number of hydrogen-bond donors (Lipinski definition) is 3. The van der Waals surface area contributed by atoms with Gasteiger partial charge >= 0.3 is 0 Å². The second-order valence-corrected chi connectivity index (χ2v) is 7.68. The van der Waals surface area contributed by atoms with E-state index in [2.05, 4.69) is 57.8 Å². The largest absolute Gasteiger partial charge is 0.388 e. The maximum atomic E-state index is 10.6. The fourth-order valence-electron chi connectivity index (χ4n) is 4.14. The summed E-state index contributed by atoms with van der Waals surface area (Å²) in [6, 6.07) is 11.1. The molecule has 3 N–H and O–H groups in total. The molecule has 3 rings (SSSR count). The van der Waals surface area contributed by atoms with Crippen LogP contribution in [0.3, 0.4) is 0 Å². The second kappa shape index (κ2) is 9.38. The summed E-state index contributed by atoms with van der Waals surface area (Å²) in [6.45, 7) is 6.54. The number of aliphatic imine (C=N–C) groups is 1. The highest BCUT2D eigenvalue weighted by molar-refractivity contribution is 5.79. The van der Waals surface area contributed by atoms with Gasteiger partial charge in [-0.1, -0.05) is 43.2 Å². The Bertz CT molecular complexity index is 563. The van der Waals surface area contributed by atoms with E-state index in [1.807, 2.05) is 0 Å². The van der Waals surface area contributed by atoms with Gasteiger partial charge < -0.3 is 15.7 Å². The first-order valence-corrected chi connectivity index (χ1v) is 10.2. The van der Waals surface area contributed by atoms with Crippen LogP contribution in [0.1, 0.15) is 57.1 Å². The number of likely N-dealkylation sites (tertiary alicyclic amines) is 1. The molecule has 2 aliphatic rings. The number of hydrogen-bond acceptors (Lipinski definition) is 3. The lowest BCUT2D eigenvalue weighted by Crippen LogP contribution is -2.43. The summed E-state index contributed by atoms with van der Waals surface area (Å²) in [7, 11) is 0. The lowest BCUT2D eigenvalue weighted by Gasteiger charge is -2.29. The van der Waals surface area contributed by atoms with Gasteiger partial charge in [-0.3, -0.25) is 9.89 Å². The van der Waals surface area contributed by atoms with Crippen molar-refractivity contribution in [2.75, 3.05) is 32.7 Å². The van der Waals surface area contributed by atoms with E-state index in [1.54, 1.807) is 0 Å². The second-order valence-electron chi connectivity index (χ2n) is 7.68. The molecule has 1 saturated heterocycles. The van der Waals surface area contributed by atoms with Crippen LogP contribution < -0.4 is 10.6 Å². The topological polar surface area (TPSA) is 59.9 Å². The fraction of sp³-hybridized carbons (Fsp3) is 0.667. The molecule has 1 heterocycles. The Morgan fingerprint density at radius 1 is 1.12 bits per heavy atom. The molecule has 5 heteroatoms. The van der Waals surface area contributed by atoms with Crippen molar-refractivity contribution in [2.45, 2.75) is 57.1 Å². The summed E-state index contributed by atoms with van der Waals surface area (Å²) in [5.41, 5.74) is 0.753. The molecule has 0 amide bonds. The van der Waals surface area contributed by atoms with Crippen molar-refractivity contribution in [3.05, 3.63) is 35.9 Å². The van der Waals surface area contributed by atoms with Gasteiger partial charge in [-0.2, -0.15) is 0 Å². The van der Waals surface area contributed by atoms with E-state index >= 15 is 0 Å². The molecule has 1 unspecified atom stereocenters. The molecule has 1 saturated carbocycles. The number of guanidine groups is 1. The van der Waals surface area contributed by atoms with Crippen molar-refractivity contribution in [3.63, 3.8) is 0 Å². The highest BCUT2D eigenvalue weighted by Crippen LogP contribution is 2.29. The Kier molecular flexibility index (Phi) is 6.92. The van der Waals surface area contributed by atoms with Crippen LogP contribution in [-0.2, 0) is 0 Å². The van der Waals surface area contributed by atoms with E-state index in [9.17, 15) is 5.11 Å². The summed E-state index contributed by atoms with van der Waals surface area (Å²) in [5.74, 6) is 0.813. The SMILES string of the molecule is CCNC(=NCC1(O)CCCC1)NCC(c1ccccc1)N1CCCC1. The van der Waals surface area contributed by atoms with Crippen LogP contribution in [0.4, 0.5) is 0 Å². The average molecular weight is 359 g/mol. The normalized spacial score (nSPS) is 21.7. The van der Waals surface area contributed by atoms with E-state index in [1.165, 1.54) is 18.4 Å². The molecule has 0 radical (unpaired) electrons. The van der Waals surface area contributed by atoms with Crippen LogP contribution in [0.15, 0.2) is 35.3 Å². The van der Waals surface area contributed by atoms with Crippen molar-refractivity contribution in [1.82, 2.24) is 15.5 Å². The number of nitrogens with zero attached hydrogens (tertiary/aromatic N) is 2. The first-order chi connectivity index (χ1) is 12.7. The van der Waals surface area contributed by atoms with Crippen molar-refractivity contribution >= 4 is 5.96 Å². The molecule has 1 aromatic rings. The minimum Gasteiger partial charge on any atom is -0.388 e. The Morgan fingerprint density at radius 3 is 2.46 bits per heavy atom. The predicted molar refractivity (Wildman–Crippen MR) is 107 cm³/mol. The molecule has 1 aromatic carbocycles. The summed E-state index contributed by atoms with van der Waals surface area (Å²) in [6.07, 6.45) is 6.53. The smallest absolute Gasteiger partial charge is 0.191 e. The first kappa shape index (κ1) is 19.2. The molecule has 1 atom stereocenters. The molecule has 0 spiro atoms. The molecule has 1 aliphatic heterocycles. The van der Waals surface area contributed by atoms with Crippen molar-refractivity contribution in [2.24, 2.45) is 4.99 Å². The Morgan fingerprint density at radius 2 is 1.81 bits per heavy atom. The van der Waals surface area contributed by atoms with Crippen LogP contribution in [0.2, 0.25) is 0 Å². The quantitative estimate of drug-likeness (QED) is 0.518. The van der Waals surface area contributed by atoms with Crippen LogP contribution in [0.25, 0.3) is 0 Å². The van der Waals surface area contributed by atoms with E-state index in [4.69, 9.17) is 0 Å². The lowest BCUT2D eigenvalue weighted by molar-refractivity contribution is 0.0574. The Balaban J connectivity index is 1.64. The van der Waals surface area contributed by atoms with Crippen LogP contribution in [0.5, 0.6) is 0 Å². The number of benzene rings is 1. The monoisotopic (exact) mass is 358 g/mol. The molecular formula is C21H34N4O. The van der Waals surface area contributed by atoms with Gasteiger partial charge in [0.2, 0.25) is 0 Å². The third kappa shape index (κ3) is 5.21. The van der Waals surface area contributed by atoms with E-state index < -0.39 is 5.60 Å². The number of aliphatic hydroxyl groups is 1. The molecule has 26 heavy (non-hydrogen) atoms. The molecule has 144 valence electrons. The van der Waals surface area contributed by atoms with Crippen molar-refractivity contribution < 1.29 is 5.11 Å². The van der Waals surface area contributed by atoms with E-state index in [-0.39, 0.29) is 0 Å². The van der Waals surface area contributed by atoms with Gasteiger partial charge in [0.1, 0.15) is 0 Å². The zero-order chi connectivity index (χ0) is 18.2. The molecule has 5 nitrogen and oxygen atoms in total. The highest BCUT2D eigenvalue weighted by atomic mass is 16.3. The van der Waals surface area contributed by atoms with Crippen molar-refractivity contribution in [3.8, 4) is 0 Å². The average Bonchev–Trinajstić information content (AvgIpc) is 3.33. The van der Waals surface area contributed by atoms with Gasteiger partial charge in [0, 0.05) is 13.1 Å². The molecular weight excluding hydrogens is 324 g/mol. The van der Waals surface area contributed by atoms with Crippen LogP contribution in [0, 0.1) is 0 Å². The van der Waals surface area contributed by atoms with E-state index in [0.29, 0.717) is 12.6 Å². The maximum Gasteiger partial charge on any atom is 0.191 e. The Labute approximate surface area is 157 Å². The molecule has 1 aliphatic carbocycles. The standard InChI is InChI=1S/C21H34N4O/c1-2-22-20(24-17-21(26)12-6-7-13-21)23-16-19(25-14-8-9-15-25)18-10-4-3-5-11-18/h3-5,10-11,19,26H,2,6-9,12-17H2,1H3,(H2,22,23,24). The van der Waals surface area contributed by atoms with Gasteiger partial charge in [0.05, 0.1) is 18.2 Å². The fourth-order valence-corrected chi connectivity index (χ4v) is 4.14. The van der Waals surface area contributed by atoms with Crippen LogP contribution in [-0.4, -0.2) is 54.3 Å². The molecule has 2 fully saturated rings. The summed E-state index contributed by atoms with van der Waals surface area (Å²) in [5, 5.41) is 17.4. The van der Waals surface area contributed by atoms with Gasteiger partial charge in [-0.25, -0.2) is 0 Å². The minimum atomic E-state index is -0.601. The predicted octanol–water partition coefficient (Wildman–Crippen LogP) is 2.68.